The molecular weight excluding hydrogens is 455 g/mol. The summed E-state index contributed by atoms with van der Waals surface area (Å²) < 4.78 is 26.2. The third-order valence-corrected chi connectivity index (χ3v) is 7.13. The van der Waals surface area contributed by atoms with Gasteiger partial charge in [0.1, 0.15) is 23.9 Å². The van der Waals surface area contributed by atoms with E-state index in [-0.39, 0.29) is 23.6 Å². The molecule has 36 heavy (non-hydrogen) atoms. The van der Waals surface area contributed by atoms with Gasteiger partial charge in [0.2, 0.25) is 0 Å². The maximum absolute atomic E-state index is 14.8. The van der Waals surface area contributed by atoms with Gasteiger partial charge in [-0.2, -0.15) is 0 Å². The minimum absolute atomic E-state index is 0.00517. The summed E-state index contributed by atoms with van der Waals surface area (Å²) in [7, 11) is 1.58. The van der Waals surface area contributed by atoms with Gasteiger partial charge in [0.25, 0.3) is 0 Å². The molecule has 3 atom stereocenters. The fraction of sp³-hybridized carbons (Fsp3) is 0.387. The number of aliphatic carboxylic acids is 1. The minimum Gasteiger partial charge on any atom is -0.497 e. The Morgan fingerprint density at radius 3 is 2.44 bits per heavy atom. The fourth-order valence-electron chi connectivity index (χ4n) is 4.99. The van der Waals surface area contributed by atoms with Crippen molar-refractivity contribution in [2.75, 3.05) is 7.11 Å². The van der Waals surface area contributed by atoms with Crippen LogP contribution in [0.15, 0.2) is 60.7 Å². The number of carboxylic acids is 1. The molecule has 1 aliphatic rings. The normalized spacial score (nSPS) is 17.9. The van der Waals surface area contributed by atoms with Gasteiger partial charge in [-0.1, -0.05) is 58.0 Å². The van der Waals surface area contributed by atoms with Crippen LogP contribution < -0.4 is 9.47 Å². The second-order valence-corrected chi connectivity index (χ2v) is 10.9. The van der Waals surface area contributed by atoms with E-state index >= 15 is 0 Å². The van der Waals surface area contributed by atoms with Crippen LogP contribution in [0, 0.1) is 17.7 Å². The molecule has 4 rings (SSSR count). The lowest BCUT2D eigenvalue weighted by Gasteiger charge is -2.25. The van der Waals surface area contributed by atoms with E-state index in [1.807, 2.05) is 36.4 Å². The van der Waals surface area contributed by atoms with Crippen LogP contribution in [-0.2, 0) is 16.8 Å². The molecule has 1 aliphatic carbocycles. The standard InChI is InChI=1S/C31H35FO4/c1-19-13-25(19)26(17-30(33)34)21-7-6-8-23(15-21)36-18-20-9-11-24(28(14-20)31(2,3)4)27-16-22(35-5)10-12-29(27)32/h6-12,14-16,19,25-26H,13,17-18H2,1-5H3,(H,33,34)/t19-,25-,26+/m0/s1. The molecule has 0 aromatic heterocycles. The van der Waals surface area contributed by atoms with Gasteiger partial charge < -0.3 is 14.6 Å². The Hall–Kier alpha value is -3.34. The Kier molecular flexibility index (Phi) is 7.39. The van der Waals surface area contributed by atoms with Crippen LogP contribution in [-0.4, -0.2) is 18.2 Å². The summed E-state index contributed by atoms with van der Waals surface area (Å²) in [5.41, 5.74) is 4.15. The number of carbonyl (C=O) groups is 1. The number of methoxy groups -OCH3 is 1. The number of hydrogen-bond acceptors (Lipinski definition) is 3. The molecule has 3 aromatic rings. The summed E-state index contributed by atoms with van der Waals surface area (Å²) in [6, 6.07) is 18.6. The van der Waals surface area contributed by atoms with Crippen molar-refractivity contribution < 1.29 is 23.8 Å². The SMILES string of the molecule is COc1ccc(F)c(-c2ccc(COc3cccc([C@@H](CC(=O)O)[C@H]4C[C@@H]4C)c3)cc2C(C)(C)C)c1. The van der Waals surface area contributed by atoms with Gasteiger partial charge in [0, 0.05) is 5.56 Å². The second kappa shape index (κ2) is 10.3. The smallest absolute Gasteiger partial charge is 0.303 e. The molecule has 190 valence electrons. The molecule has 0 spiro atoms. The highest BCUT2D eigenvalue weighted by atomic mass is 19.1. The molecule has 0 saturated heterocycles. The van der Waals surface area contributed by atoms with Crippen molar-refractivity contribution in [3.63, 3.8) is 0 Å². The van der Waals surface area contributed by atoms with Crippen LogP contribution in [0.5, 0.6) is 11.5 Å². The second-order valence-electron chi connectivity index (χ2n) is 10.9. The minimum atomic E-state index is -0.771. The Morgan fingerprint density at radius 2 is 1.81 bits per heavy atom. The van der Waals surface area contributed by atoms with E-state index in [2.05, 4.69) is 33.8 Å². The van der Waals surface area contributed by atoms with E-state index in [0.717, 1.165) is 34.4 Å². The topological polar surface area (TPSA) is 55.8 Å². The summed E-state index contributed by atoms with van der Waals surface area (Å²) in [5.74, 6) is 1.25. The van der Waals surface area contributed by atoms with E-state index < -0.39 is 5.97 Å². The number of halogens is 1. The van der Waals surface area contributed by atoms with Crippen molar-refractivity contribution in [3.05, 3.63) is 83.2 Å². The Labute approximate surface area is 213 Å². The fourth-order valence-corrected chi connectivity index (χ4v) is 4.99. The molecule has 5 heteroatoms. The lowest BCUT2D eigenvalue weighted by Crippen LogP contribution is -2.14. The largest absolute Gasteiger partial charge is 0.497 e. The highest BCUT2D eigenvalue weighted by molar-refractivity contribution is 5.71. The van der Waals surface area contributed by atoms with Crippen molar-refractivity contribution >= 4 is 5.97 Å². The van der Waals surface area contributed by atoms with Gasteiger partial charge in [-0.25, -0.2) is 4.39 Å². The predicted octanol–water partition coefficient (Wildman–Crippen LogP) is 7.59. The highest BCUT2D eigenvalue weighted by Gasteiger charge is 2.41. The number of hydrogen-bond donors (Lipinski definition) is 1. The molecule has 1 N–H and O–H groups in total. The van der Waals surface area contributed by atoms with Gasteiger partial charge in [-0.15, -0.1) is 0 Å². The van der Waals surface area contributed by atoms with Crippen molar-refractivity contribution in [1.82, 2.24) is 0 Å². The van der Waals surface area contributed by atoms with Gasteiger partial charge in [0.05, 0.1) is 13.5 Å². The molecule has 0 amide bonds. The van der Waals surface area contributed by atoms with E-state index in [4.69, 9.17) is 9.47 Å². The van der Waals surface area contributed by atoms with E-state index in [1.165, 1.54) is 6.07 Å². The average Bonchev–Trinajstić information content (AvgIpc) is 3.57. The Bertz CT molecular complexity index is 1240. The third-order valence-electron chi connectivity index (χ3n) is 7.13. The van der Waals surface area contributed by atoms with Gasteiger partial charge >= 0.3 is 5.97 Å². The summed E-state index contributed by atoms with van der Waals surface area (Å²) in [4.78, 5) is 11.5. The van der Waals surface area contributed by atoms with Crippen molar-refractivity contribution in [1.29, 1.82) is 0 Å². The Balaban J connectivity index is 1.58. The molecule has 1 fully saturated rings. The van der Waals surface area contributed by atoms with Crippen molar-refractivity contribution in [2.24, 2.45) is 11.8 Å². The lowest BCUT2D eigenvalue weighted by molar-refractivity contribution is -0.137. The van der Waals surface area contributed by atoms with Crippen molar-refractivity contribution in [3.8, 4) is 22.6 Å². The molecule has 1 saturated carbocycles. The van der Waals surface area contributed by atoms with Crippen LogP contribution >= 0.6 is 0 Å². The number of rotatable bonds is 9. The van der Waals surface area contributed by atoms with E-state index in [1.54, 1.807) is 19.2 Å². The molecule has 0 bridgehead atoms. The monoisotopic (exact) mass is 490 g/mol. The molecule has 0 unspecified atom stereocenters. The van der Waals surface area contributed by atoms with Gasteiger partial charge in [0.15, 0.2) is 0 Å². The Morgan fingerprint density at radius 1 is 1.06 bits per heavy atom. The first-order valence-corrected chi connectivity index (χ1v) is 12.5. The quantitative estimate of drug-likeness (QED) is 0.336. The summed E-state index contributed by atoms with van der Waals surface area (Å²) in [6.07, 6.45) is 1.20. The maximum Gasteiger partial charge on any atom is 0.303 e. The predicted molar refractivity (Wildman–Crippen MR) is 140 cm³/mol. The van der Waals surface area contributed by atoms with Crippen LogP contribution in [0.25, 0.3) is 11.1 Å². The van der Waals surface area contributed by atoms with E-state index in [0.29, 0.717) is 29.8 Å². The lowest BCUT2D eigenvalue weighted by atomic mass is 9.81. The molecule has 4 nitrogen and oxygen atoms in total. The number of ether oxygens (including phenoxy) is 2. The number of carboxylic acid groups (broad SMARTS) is 1. The molecule has 0 aliphatic heterocycles. The van der Waals surface area contributed by atoms with Gasteiger partial charge in [-0.05, 0) is 82.2 Å². The summed E-state index contributed by atoms with van der Waals surface area (Å²) in [6.45, 7) is 8.86. The first-order chi connectivity index (χ1) is 17.1. The molecule has 0 heterocycles. The van der Waals surface area contributed by atoms with Crippen LogP contribution in [0.4, 0.5) is 4.39 Å². The van der Waals surface area contributed by atoms with Crippen LogP contribution in [0.1, 0.15) is 63.1 Å². The zero-order chi connectivity index (χ0) is 26.0. The summed E-state index contributed by atoms with van der Waals surface area (Å²) >= 11 is 0. The summed E-state index contributed by atoms with van der Waals surface area (Å²) in [5, 5.41) is 9.41. The van der Waals surface area contributed by atoms with E-state index in [9.17, 15) is 14.3 Å². The van der Waals surface area contributed by atoms with Crippen molar-refractivity contribution in [2.45, 2.75) is 58.5 Å². The first-order valence-electron chi connectivity index (χ1n) is 12.5. The molecule has 3 aromatic carbocycles. The maximum atomic E-state index is 14.8. The highest BCUT2D eigenvalue weighted by Crippen LogP contribution is 2.50. The van der Waals surface area contributed by atoms with Crippen LogP contribution in [0.2, 0.25) is 0 Å². The number of benzene rings is 3. The third kappa shape index (κ3) is 5.89. The average molecular weight is 491 g/mol. The molecule has 0 radical (unpaired) electrons. The van der Waals surface area contributed by atoms with Gasteiger partial charge in [-0.3, -0.25) is 4.79 Å². The zero-order valence-corrected chi connectivity index (χ0v) is 21.7. The first kappa shape index (κ1) is 25.7. The van der Waals surface area contributed by atoms with Crippen LogP contribution in [0.3, 0.4) is 0 Å². The molecular formula is C31H35FO4. The zero-order valence-electron chi connectivity index (χ0n) is 21.7.